The second-order valence-corrected chi connectivity index (χ2v) is 21.3. The highest BCUT2D eigenvalue weighted by Crippen LogP contribution is 2.56. The molecule has 1 aromatic heterocycles. The van der Waals surface area contributed by atoms with Gasteiger partial charge in [0, 0.05) is 58.4 Å². The number of unbranched alkanes of at least 4 members (excludes halogenated alkanes) is 3. The number of rotatable bonds is 19. The van der Waals surface area contributed by atoms with E-state index in [9.17, 15) is 29.1 Å². The minimum atomic E-state index is -1.99. The maximum absolute atomic E-state index is 14.0. The summed E-state index contributed by atoms with van der Waals surface area (Å²) in [6, 6.07) is 40.7. The number of likely N-dealkylation sites (N-methyl/N-ethyl adjacent to an activating group) is 1. The van der Waals surface area contributed by atoms with Crippen molar-refractivity contribution in [1.29, 1.82) is 0 Å². The van der Waals surface area contributed by atoms with Crippen molar-refractivity contribution in [3.63, 3.8) is 0 Å². The number of carbonyl (C=O) groups excluding carboxylic acids is 4. The molecule has 0 radical (unpaired) electrons. The van der Waals surface area contributed by atoms with Gasteiger partial charge in [0.05, 0.1) is 16.4 Å². The number of aromatic nitrogens is 1. The fraction of sp³-hybridized carbons (Fsp3) is 0.260. The van der Waals surface area contributed by atoms with Crippen LogP contribution in [-0.2, 0) is 14.4 Å². The number of aliphatic carboxylic acids is 1. The number of hydrogen-bond acceptors (Lipinski definition) is 13. The quantitative estimate of drug-likeness (QED) is 0.0355. The Bertz CT molecular complexity index is 2640. The number of amides is 2. The summed E-state index contributed by atoms with van der Waals surface area (Å²) < 4.78 is 22.6. The van der Waals surface area contributed by atoms with Gasteiger partial charge in [-0.05, 0) is 79.9 Å². The van der Waals surface area contributed by atoms with Crippen LogP contribution >= 0.6 is 30.4 Å². The van der Waals surface area contributed by atoms with E-state index in [1.807, 2.05) is 0 Å². The molecule has 1 aliphatic heterocycles. The molecule has 0 aliphatic carbocycles. The Kier molecular flexibility index (Phi) is 16.4. The monoisotopic (exact) mass is 961 g/mol. The molecule has 0 spiro atoms. The molecule has 1 aliphatic rings. The predicted molar refractivity (Wildman–Crippen MR) is 264 cm³/mol. The van der Waals surface area contributed by atoms with Gasteiger partial charge in [0.2, 0.25) is 0 Å². The number of carbonyl (C=O) groups is 5. The van der Waals surface area contributed by atoms with Gasteiger partial charge in [-0.15, -0.1) is 23.1 Å². The van der Waals surface area contributed by atoms with E-state index in [1.54, 1.807) is 23.1 Å². The molecule has 17 heteroatoms. The largest absolute Gasteiger partial charge is 0.480 e. The summed E-state index contributed by atoms with van der Waals surface area (Å²) in [6.45, 7) is 2.96. The minimum absolute atomic E-state index is 0.0133. The predicted octanol–water partition coefficient (Wildman–Crippen LogP) is 8.58. The lowest BCUT2D eigenvalue weighted by molar-refractivity contribution is -0.138. The summed E-state index contributed by atoms with van der Waals surface area (Å²) in [5.74, 6) is -1.69. The maximum Gasteiger partial charge on any atom is 0.415 e. The molecule has 5 aromatic carbocycles. The van der Waals surface area contributed by atoms with Crippen LogP contribution in [0.3, 0.4) is 0 Å². The normalized spacial score (nSPS) is 13.4. The van der Waals surface area contributed by atoms with Gasteiger partial charge in [-0.2, -0.15) is 0 Å². The average molecular weight is 962 g/mol. The van der Waals surface area contributed by atoms with Crippen molar-refractivity contribution in [2.75, 3.05) is 38.6 Å². The molecule has 2 heterocycles. The van der Waals surface area contributed by atoms with E-state index in [1.165, 1.54) is 83.0 Å². The number of hydrogen-bond donors (Lipinski definition) is 1. The van der Waals surface area contributed by atoms with Crippen molar-refractivity contribution in [2.45, 2.75) is 45.6 Å². The number of thioether (sulfide) groups is 1. The zero-order chi connectivity index (χ0) is 47.3. The summed E-state index contributed by atoms with van der Waals surface area (Å²) in [7, 11) is -0.453. The van der Waals surface area contributed by atoms with Gasteiger partial charge in [-0.25, -0.2) is 19.4 Å². The third-order valence-corrected chi connectivity index (χ3v) is 17.6. The highest BCUT2D eigenvalue weighted by molar-refractivity contribution is 8.15. The Labute approximate surface area is 397 Å². The van der Waals surface area contributed by atoms with Gasteiger partial charge < -0.3 is 33.9 Å². The standard InChI is InChI=1S/C50H49N4O10PS2/c1-34(55)61-43-26-24-36(31-44(43)62-35(2)56)63-49(59)53(3)28-29-54(50(60)64-37-23-25-41-45(32-37)67-47(51-41)46-52-42(33-66-46)48(57)58)27-15-4-5-16-30-65(38-17-9-6-10-18-38,39-19-11-7-12-20-39)40-21-13-8-14-22-40/h6-14,17-26,31-32,42H,4-5,15-16,27-30,33H2,1-3H3/p+1. The SMILES string of the molecule is CC(=O)Oc1ccc(OC(=O)N(C)CCN(CCCCCC[P+](c2ccccc2)(c2ccccc2)c2ccccc2)C(=O)Oc2ccc3nc(C4=NC(C(=O)O)CS4)sc3c2)cc1OC(C)=O. The molecule has 346 valence electrons. The number of aliphatic imine (C=N–C) groups is 1. The third-order valence-electron chi connectivity index (χ3n) is 10.8. The van der Waals surface area contributed by atoms with Crippen LogP contribution in [-0.4, -0.2) is 99.7 Å². The van der Waals surface area contributed by atoms with E-state index in [2.05, 4.69) is 101 Å². The number of benzene rings is 5. The fourth-order valence-electron chi connectivity index (χ4n) is 7.59. The molecule has 6 aromatic rings. The Morgan fingerprint density at radius 1 is 0.657 bits per heavy atom. The van der Waals surface area contributed by atoms with Gasteiger partial charge >= 0.3 is 30.1 Å². The summed E-state index contributed by atoms with van der Waals surface area (Å²) in [5, 5.41) is 14.6. The summed E-state index contributed by atoms with van der Waals surface area (Å²) in [6.07, 6.45) is 3.05. The fourth-order valence-corrected chi connectivity index (χ4v) is 14.1. The van der Waals surface area contributed by atoms with Crippen LogP contribution in [0.5, 0.6) is 23.0 Å². The highest BCUT2D eigenvalue weighted by atomic mass is 32.2. The lowest BCUT2D eigenvalue weighted by atomic mass is 10.2. The van der Waals surface area contributed by atoms with Crippen molar-refractivity contribution in [3.05, 3.63) is 132 Å². The second-order valence-electron chi connectivity index (χ2n) is 15.6. The van der Waals surface area contributed by atoms with Crippen LogP contribution in [0.15, 0.2) is 132 Å². The lowest BCUT2D eigenvalue weighted by Crippen LogP contribution is -2.42. The number of fused-ring (bicyclic) bond motifs is 1. The number of nitrogens with zero attached hydrogens (tertiary/aromatic N) is 4. The Morgan fingerprint density at radius 3 is 1.82 bits per heavy atom. The van der Waals surface area contributed by atoms with Crippen LogP contribution in [0.25, 0.3) is 10.2 Å². The van der Waals surface area contributed by atoms with Crippen LogP contribution in [0.4, 0.5) is 9.59 Å². The molecule has 7 rings (SSSR count). The topological polar surface area (TPSA) is 174 Å². The first-order valence-corrected chi connectivity index (χ1v) is 25.5. The molecule has 2 amide bonds. The molecule has 0 bridgehead atoms. The summed E-state index contributed by atoms with van der Waals surface area (Å²) in [4.78, 5) is 73.9. The Morgan fingerprint density at radius 2 is 1.22 bits per heavy atom. The molecule has 1 N–H and O–H groups in total. The van der Waals surface area contributed by atoms with E-state index in [0.29, 0.717) is 40.0 Å². The van der Waals surface area contributed by atoms with Crippen molar-refractivity contribution in [1.82, 2.24) is 14.8 Å². The zero-order valence-corrected chi connectivity index (χ0v) is 39.8. The molecule has 0 saturated carbocycles. The molecular formula is C50H50N4O10PS2+. The van der Waals surface area contributed by atoms with Crippen LogP contribution < -0.4 is 34.9 Å². The molecule has 1 atom stereocenters. The van der Waals surface area contributed by atoms with Crippen LogP contribution in [0.1, 0.15) is 44.5 Å². The van der Waals surface area contributed by atoms with Gasteiger partial charge in [0.25, 0.3) is 0 Å². The molecule has 67 heavy (non-hydrogen) atoms. The second kappa shape index (κ2) is 22.7. The van der Waals surface area contributed by atoms with Gasteiger partial charge in [0.15, 0.2) is 17.5 Å². The molecule has 0 saturated heterocycles. The van der Waals surface area contributed by atoms with Crippen molar-refractivity contribution >= 4 is 91.6 Å². The number of carboxylic acids is 1. The first kappa shape index (κ1) is 48.3. The first-order valence-electron chi connectivity index (χ1n) is 21.7. The van der Waals surface area contributed by atoms with Crippen molar-refractivity contribution in [3.8, 4) is 23.0 Å². The zero-order valence-electron chi connectivity index (χ0n) is 37.2. The molecule has 0 fully saturated rings. The number of thiazole rings is 1. The third kappa shape index (κ3) is 12.4. The molecule has 1 unspecified atom stereocenters. The number of carboxylic acid groups (broad SMARTS) is 1. The number of ether oxygens (including phenoxy) is 4. The van der Waals surface area contributed by atoms with E-state index < -0.39 is 43.4 Å². The van der Waals surface area contributed by atoms with Crippen molar-refractivity contribution in [2.24, 2.45) is 4.99 Å². The highest BCUT2D eigenvalue weighted by Gasteiger charge is 2.44. The number of esters is 2. The average Bonchev–Trinajstić information content (AvgIpc) is 4.00. The minimum Gasteiger partial charge on any atom is -0.480 e. The maximum atomic E-state index is 14.0. The van der Waals surface area contributed by atoms with E-state index in [0.717, 1.165) is 30.1 Å². The lowest BCUT2D eigenvalue weighted by Gasteiger charge is -2.28. The van der Waals surface area contributed by atoms with Gasteiger partial charge in [0.1, 0.15) is 44.7 Å². The van der Waals surface area contributed by atoms with Gasteiger partial charge in [-0.1, -0.05) is 61.0 Å². The van der Waals surface area contributed by atoms with Crippen LogP contribution in [0, 0.1) is 0 Å². The van der Waals surface area contributed by atoms with E-state index in [4.69, 9.17) is 18.9 Å². The Hall–Kier alpha value is -6.61. The Balaban J connectivity index is 1.03. The van der Waals surface area contributed by atoms with E-state index >= 15 is 0 Å². The van der Waals surface area contributed by atoms with E-state index in [-0.39, 0.29) is 30.3 Å². The first-order chi connectivity index (χ1) is 32.4. The van der Waals surface area contributed by atoms with Gasteiger partial charge in [-0.3, -0.25) is 14.6 Å². The molecular weight excluding hydrogens is 912 g/mol. The van der Waals surface area contributed by atoms with Crippen molar-refractivity contribution < 1.29 is 48.0 Å². The van der Waals surface area contributed by atoms with Crippen LogP contribution in [0.2, 0.25) is 0 Å². The summed E-state index contributed by atoms with van der Waals surface area (Å²) in [5.41, 5.74) is 0.665. The summed E-state index contributed by atoms with van der Waals surface area (Å²) >= 11 is 2.69. The smallest absolute Gasteiger partial charge is 0.415 e. The molecule has 14 nitrogen and oxygen atoms in total.